The van der Waals surface area contributed by atoms with Crippen LogP contribution in [0.1, 0.15) is 57.2 Å². The van der Waals surface area contributed by atoms with Crippen molar-refractivity contribution in [3.05, 3.63) is 47.5 Å². The molecule has 1 aliphatic rings. The minimum absolute atomic E-state index is 0.0378. The fourth-order valence-electron chi connectivity index (χ4n) is 4.52. The van der Waals surface area contributed by atoms with E-state index in [1.54, 1.807) is 18.2 Å². The lowest BCUT2D eigenvalue weighted by Gasteiger charge is -2.30. The Morgan fingerprint density at radius 1 is 1.18 bits per heavy atom. The van der Waals surface area contributed by atoms with Crippen LogP contribution in [0.2, 0.25) is 0 Å². The van der Waals surface area contributed by atoms with E-state index in [4.69, 9.17) is 0 Å². The third-order valence-electron chi connectivity index (χ3n) is 6.90. The van der Waals surface area contributed by atoms with Crippen LogP contribution in [0.25, 0.3) is 11.0 Å². The van der Waals surface area contributed by atoms with Gasteiger partial charge >= 0.3 is 0 Å². The van der Waals surface area contributed by atoms with E-state index in [1.165, 1.54) is 4.31 Å². The maximum atomic E-state index is 13.3. The highest BCUT2D eigenvalue weighted by Crippen LogP contribution is 2.28. The Hall–Kier alpha value is -2.78. The number of aromatic nitrogens is 3. The molecule has 0 spiro atoms. The highest BCUT2D eigenvalue weighted by Gasteiger charge is 2.32. The zero-order valence-electron chi connectivity index (χ0n) is 20.3. The van der Waals surface area contributed by atoms with Crippen molar-refractivity contribution in [3.63, 3.8) is 0 Å². The molecule has 182 valence electrons. The molecule has 1 N–H and O–H groups in total. The molecule has 34 heavy (non-hydrogen) atoms. The van der Waals surface area contributed by atoms with Crippen molar-refractivity contribution < 1.29 is 13.2 Å². The minimum atomic E-state index is -3.67. The number of sulfonamides is 1. The van der Waals surface area contributed by atoms with Crippen molar-refractivity contribution in [2.45, 2.75) is 64.3 Å². The molecule has 0 aliphatic carbocycles. The number of nitrogens with zero attached hydrogens (tertiary/aromatic N) is 4. The van der Waals surface area contributed by atoms with Crippen molar-refractivity contribution in [2.75, 3.05) is 18.4 Å². The van der Waals surface area contributed by atoms with Gasteiger partial charge in [0.25, 0.3) is 0 Å². The van der Waals surface area contributed by atoms with Crippen LogP contribution in [0.3, 0.4) is 0 Å². The monoisotopic (exact) mass is 483 g/mol. The largest absolute Gasteiger partial charge is 0.325 e. The lowest BCUT2D eigenvalue weighted by atomic mass is 9.96. The summed E-state index contributed by atoms with van der Waals surface area (Å²) in [6, 6.07) is 11.2. The molecule has 4 rings (SSSR count). The van der Waals surface area contributed by atoms with Crippen LogP contribution in [0, 0.1) is 12.8 Å². The number of rotatable bonds is 7. The van der Waals surface area contributed by atoms with Crippen molar-refractivity contribution in [1.29, 1.82) is 0 Å². The van der Waals surface area contributed by atoms with Gasteiger partial charge < -0.3 is 5.32 Å². The van der Waals surface area contributed by atoms with E-state index in [2.05, 4.69) is 36.4 Å². The summed E-state index contributed by atoms with van der Waals surface area (Å²) in [5.41, 5.74) is 4.41. The molecule has 2 aromatic carbocycles. The summed E-state index contributed by atoms with van der Waals surface area (Å²) in [6.45, 7) is 8.81. The maximum absolute atomic E-state index is 13.3. The van der Waals surface area contributed by atoms with Crippen molar-refractivity contribution >= 4 is 32.7 Å². The molecule has 8 nitrogen and oxygen atoms in total. The quantitative estimate of drug-likeness (QED) is 0.540. The summed E-state index contributed by atoms with van der Waals surface area (Å²) in [5, 5.41) is 11.5. The van der Waals surface area contributed by atoms with Gasteiger partial charge in [0, 0.05) is 24.7 Å². The molecule has 1 fully saturated rings. The van der Waals surface area contributed by atoms with E-state index in [1.807, 2.05) is 29.8 Å². The average Bonchev–Trinajstić information content (AvgIpc) is 3.28. The van der Waals surface area contributed by atoms with Gasteiger partial charge in [0.2, 0.25) is 15.9 Å². The van der Waals surface area contributed by atoms with Gasteiger partial charge in [-0.25, -0.2) is 13.1 Å². The first-order valence-corrected chi connectivity index (χ1v) is 13.4. The van der Waals surface area contributed by atoms with Gasteiger partial charge in [0.1, 0.15) is 5.52 Å². The fraction of sp³-hybridized carbons (Fsp3) is 0.480. The van der Waals surface area contributed by atoms with Gasteiger partial charge in [-0.05, 0) is 68.9 Å². The number of aryl methyl sites for hydroxylation is 2. The Kier molecular flexibility index (Phi) is 7.04. The second-order valence-corrected chi connectivity index (χ2v) is 11.0. The number of fused-ring (bicyclic) bond motifs is 1. The minimum Gasteiger partial charge on any atom is -0.325 e. The number of para-hydroxylation sites is 1. The van der Waals surface area contributed by atoms with Crippen LogP contribution in [-0.2, 0) is 21.2 Å². The molecule has 0 saturated carbocycles. The number of nitrogens with one attached hydrogen (secondary N) is 1. The summed E-state index contributed by atoms with van der Waals surface area (Å²) in [7, 11) is -3.67. The van der Waals surface area contributed by atoms with E-state index >= 15 is 0 Å². The van der Waals surface area contributed by atoms with E-state index in [0.717, 1.165) is 35.2 Å². The fourth-order valence-corrected chi connectivity index (χ4v) is 6.01. The summed E-state index contributed by atoms with van der Waals surface area (Å²) in [6.07, 6.45) is 2.73. The highest BCUT2D eigenvalue weighted by atomic mass is 32.2. The molecule has 0 bridgehead atoms. The Morgan fingerprint density at radius 3 is 2.59 bits per heavy atom. The SMILES string of the molecule is CCc1cccc(C)c1NC(=O)C1CCN(S(=O)(=O)c2ccc3c(c2)nnn3[C@H](C)CC)CC1. The van der Waals surface area contributed by atoms with Crippen molar-refractivity contribution in [3.8, 4) is 0 Å². The average molecular weight is 484 g/mol. The summed E-state index contributed by atoms with van der Waals surface area (Å²) in [4.78, 5) is 13.2. The molecule has 1 aliphatic heterocycles. The zero-order chi connectivity index (χ0) is 24.5. The Bertz CT molecular complexity index is 1290. The Morgan fingerprint density at radius 2 is 1.91 bits per heavy atom. The lowest BCUT2D eigenvalue weighted by Crippen LogP contribution is -2.41. The Labute approximate surface area is 201 Å². The molecule has 1 atom stereocenters. The molecule has 3 aromatic rings. The second-order valence-electron chi connectivity index (χ2n) is 9.07. The third kappa shape index (κ3) is 4.59. The van der Waals surface area contributed by atoms with Crippen LogP contribution in [0.15, 0.2) is 41.3 Å². The molecule has 0 unspecified atom stereocenters. The molecule has 2 heterocycles. The number of hydrogen-bond donors (Lipinski definition) is 1. The van der Waals surface area contributed by atoms with Gasteiger partial charge in [-0.2, -0.15) is 4.31 Å². The smallest absolute Gasteiger partial charge is 0.243 e. The molecular formula is C25H33N5O3S. The van der Waals surface area contributed by atoms with Crippen LogP contribution in [-0.4, -0.2) is 46.7 Å². The topological polar surface area (TPSA) is 97.2 Å². The van der Waals surface area contributed by atoms with Gasteiger partial charge in [0.15, 0.2) is 0 Å². The number of hydrogen-bond acceptors (Lipinski definition) is 5. The number of anilines is 1. The van der Waals surface area contributed by atoms with Crippen molar-refractivity contribution in [1.82, 2.24) is 19.3 Å². The standard InChI is InChI=1S/C25H33N5O3S/c1-5-18(4)30-23-11-10-21(16-22(23)27-28-30)34(32,33)29-14-12-20(13-15-29)25(31)26-24-17(3)8-7-9-19(24)6-2/h7-11,16,18,20H,5-6,12-15H2,1-4H3,(H,26,31)/t18-/m1/s1. The molecule has 0 radical (unpaired) electrons. The van der Waals surface area contributed by atoms with E-state index in [0.29, 0.717) is 31.4 Å². The Balaban J connectivity index is 1.45. The molecule has 1 aromatic heterocycles. The summed E-state index contributed by atoms with van der Waals surface area (Å²) >= 11 is 0. The van der Waals surface area contributed by atoms with Crippen LogP contribution in [0.5, 0.6) is 0 Å². The van der Waals surface area contributed by atoms with Crippen LogP contribution < -0.4 is 5.32 Å². The molecule has 9 heteroatoms. The van der Waals surface area contributed by atoms with Gasteiger partial charge in [-0.3, -0.25) is 4.79 Å². The van der Waals surface area contributed by atoms with E-state index in [-0.39, 0.29) is 22.8 Å². The number of carbonyl (C=O) groups is 1. The number of carbonyl (C=O) groups excluding carboxylic acids is 1. The third-order valence-corrected chi connectivity index (χ3v) is 8.80. The van der Waals surface area contributed by atoms with Gasteiger partial charge in [-0.1, -0.05) is 37.3 Å². The zero-order valence-corrected chi connectivity index (χ0v) is 21.1. The number of piperidine rings is 1. The summed E-state index contributed by atoms with van der Waals surface area (Å²) < 4.78 is 29.9. The molecule has 1 amide bonds. The van der Waals surface area contributed by atoms with E-state index < -0.39 is 10.0 Å². The maximum Gasteiger partial charge on any atom is 0.243 e. The second kappa shape index (κ2) is 9.84. The highest BCUT2D eigenvalue weighted by molar-refractivity contribution is 7.89. The van der Waals surface area contributed by atoms with Gasteiger partial charge in [0.05, 0.1) is 16.5 Å². The van der Waals surface area contributed by atoms with Crippen LogP contribution in [0.4, 0.5) is 5.69 Å². The van der Waals surface area contributed by atoms with Gasteiger partial charge in [-0.15, -0.1) is 5.10 Å². The first kappa shape index (κ1) is 24.3. The predicted molar refractivity (Wildman–Crippen MR) is 133 cm³/mol. The molecule has 1 saturated heterocycles. The summed E-state index contributed by atoms with van der Waals surface area (Å²) in [5.74, 6) is -0.252. The lowest BCUT2D eigenvalue weighted by molar-refractivity contribution is -0.120. The number of amides is 1. The number of benzene rings is 2. The predicted octanol–water partition coefficient (Wildman–Crippen LogP) is 4.31. The first-order valence-electron chi connectivity index (χ1n) is 12.0. The van der Waals surface area contributed by atoms with Crippen LogP contribution >= 0.6 is 0 Å². The first-order chi connectivity index (χ1) is 16.3. The normalized spacial score (nSPS) is 16.6. The molecular weight excluding hydrogens is 450 g/mol. The van der Waals surface area contributed by atoms with E-state index in [9.17, 15) is 13.2 Å². The van der Waals surface area contributed by atoms with Crippen molar-refractivity contribution in [2.24, 2.45) is 5.92 Å².